The van der Waals surface area contributed by atoms with Crippen molar-refractivity contribution in [3.8, 4) is 5.75 Å². The first kappa shape index (κ1) is 21.8. The molecule has 2 saturated heterocycles. The summed E-state index contributed by atoms with van der Waals surface area (Å²) in [6, 6.07) is 16.2. The second kappa shape index (κ2) is 10.8. The molecule has 166 valence electrons. The number of ether oxygens (including phenoxy) is 1. The first-order chi connectivity index (χ1) is 15.2. The number of nitrogens with two attached hydrogens (primary N) is 1. The molecule has 0 unspecified atom stereocenters. The molecule has 2 aromatic rings. The van der Waals surface area contributed by atoms with Gasteiger partial charge in [-0.3, -0.25) is 4.79 Å². The Morgan fingerprint density at radius 1 is 1.00 bits per heavy atom. The van der Waals surface area contributed by atoms with Crippen LogP contribution in [0, 0.1) is 0 Å². The summed E-state index contributed by atoms with van der Waals surface area (Å²) in [5.74, 6) is 1.40. The Morgan fingerprint density at radius 2 is 1.77 bits per heavy atom. The van der Waals surface area contributed by atoms with Gasteiger partial charge in [0.2, 0.25) is 0 Å². The third kappa shape index (κ3) is 5.86. The van der Waals surface area contributed by atoms with Crippen molar-refractivity contribution in [1.82, 2.24) is 9.80 Å². The summed E-state index contributed by atoms with van der Waals surface area (Å²) >= 11 is 0. The highest BCUT2D eigenvalue weighted by Gasteiger charge is 2.25. The van der Waals surface area contributed by atoms with Gasteiger partial charge < -0.3 is 20.3 Å². The highest BCUT2D eigenvalue weighted by atomic mass is 16.5. The van der Waals surface area contributed by atoms with Crippen molar-refractivity contribution >= 4 is 5.91 Å². The van der Waals surface area contributed by atoms with Gasteiger partial charge in [0, 0.05) is 31.7 Å². The molecule has 0 radical (unpaired) electrons. The summed E-state index contributed by atoms with van der Waals surface area (Å²) in [5.41, 5.74) is 9.03. The SMILES string of the molecule is NCc1cccc(C2CCN(C(=O)c3cccc(OCCCN4CCCC4)c3)CC2)c1. The van der Waals surface area contributed by atoms with E-state index in [2.05, 4.69) is 29.2 Å². The normalized spacial score (nSPS) is 17.8. The topological polar surface area (TPSA) is 58.8 Å². The van der Waals surface area contributed by atoms with Gasteiger partial charge in [0.25, 0.3) is 5.91 Å². The van der Waals surface area contributed by atoms with Crippen molar-refractivity contribution in [2.75, 3.05) is 39.3 Å². The van der Waals surface area contributed by atoms with Crippen LogP contribution in [0.5, 0.6) is 5.75 Å². The van der Waals surface area contributed by atoms with E-state index in [1.54, 1.807) is 0 Å². The predicted molar refractivity (Wildman–Crippen MR) is 124 cm³/mol. The van der Waals surface area contributed by atoms with Crippen molar-refractivity contribution in [2.24, 2.45) is 5.73 Å². The zero-order valence-electron chi connectivity index (χ0n) is 18.5. The molecule has 2 aromatic carbocycles. The van der Waals surface area contributed by atoms with E-state index in [0.717, 1.165) is 50.2 Å². The number of carbonyl (C=O) groups is 1. The molecule has 2 heterocycles. The number of hydrogen-bond donors (Lipinski definition) is 1. The first-order valence-corrected chi connectivity index (χ1v) is 11.8. The van der Waals surface area contributed by atoms with Crippen LogP contribution in [-0.4, -0.2) is 55.0 Å². The summed E-state index contributed by atoms with van der Waals surface area (Å²) in [4.78, 5) is 17.5. The number of piperidine rings is 1. The van der Waals surface area contributed by atoms with Crippen molar-refractivity contribution in [3.63, 3.8) is 0 Å². The lowest BCUT2D eigenvalue weighted by atomic mass is 9.88. The van der Waals surface area contributed by atoms with Gasteiger partial charge in [0.1, 0.15) is 5.75 Å². The smallest absolute Gasteiger partial charge is 0.253 e. The van der Waals surface area contributed by atoms with Gasteiger partial charge in [-0.1, -0.05) is 30.3 Å². The minimum atomic E-state index is 0.108. The van der Waals surface area contributed by atoms with Crippen LogP contribution in [0.4, 0.5) is 0 Å². The molecule has 2 fully saturated rings. The Morgan fingerprint density at radius 3 is 2.55 bits per heavy atom. The third-order valence-corrected chi connectivity index (χ3v) is 6.61. The molecule has 0 bridgehead atoms. The van der Waals surface area contributed by atoms with Crippen LogP contribution in [0.2, 0.25) is 0 Å². The third-order valence-electron chi connectivity index (χ3n) is 6.61. The fraction of sp³-hybridized carbons (Fsp3) is 0.500. The predicted octanol–water partition coefficient (Wildman–Crippen LogP) is 4.03. The number of rotatable bonds is 8. The molecule has 0 aromatic heterocycles. The number of nitrogens with zero attached hydrogens (tertiary/aromatic N) is 2. The zero-order valence-corrected chi connectivity index (χ0v) is 18.5. The summed E-state index contributed by atoms with van der Waals surface area (Å²) in [6.07, 6.45) is 5.65. The van der Waals surface area contributed by atoms with E-state index in [1.807, 2.05) is 29.2 Å². The van der Waals surface area contributed by atoms with Gasteiger partial charge in [-0.25, -0.2) is 0 Å². The molecule has 5 nitrogen and oxygen atoms in total. The molecular weight excluding hydrogens is 386 g/mol. The number of amides is 1. The first-order valence-electron chi connectivity index (χ1n) is 11.8. The Labute approximate surface area is 186 Å². The van der Waals surface area contributed by atoms with Crippen LogP contribution in [0.3, 0.4) is 0 Å². The maximum atomic E-state index is 13.0. The highest BCUT2D eigenvalue weighted by molar-refractivity contribution is 5.94. The van der Waals surface area contributed by atoms with Gasteiger partial charge in [-0.2, -0.15) is 0 Å². The van der Waals surface area contributed by atoms with Crippen molar-refractivity contribution in [1.29, 1.82) is 0 Å². The maximum absolute atomic E-state index is 13.0. The lowest BCUT2D eigenvalue weighted by Crippen LogP contribution is -2.37. The summed E-state index contributed by atoms with van der Waals surface area (Å²) in [5, 5.41) is 0. The lowest BCUT2D eigenvalue weighted by Gasteiger charge is -2.32. The van der Waals surface area contributed by atoms with Gasteiger partial charge in [0.15, 0.2) is 0 Å². The van der Waals surface area contributed by atoms with Crippen LogP contribution in [0.15, 0.2) is 48.5 Å². The fourth-order valence-corrected chi connectivity index (χ4v) is 4.78. The number of carbonyl (C=O) groups excluding carboxylic acids is 1. The number of likely N-dealkylation sites (tertiary alicyclic amines) is 2. The molecule has 2 N–H and O–H groups in total. The van der Waals surface area contributed by atoms with E-state index in [-0.39, 0.29) is 5.91 Å². The zero-order chi connectivity index (χ0) is 21.5. The van der Waals surface area contributed by atoms with E-state index < -0.39 is 0 Å². The van der Waals surface area contributed by atoms with Crippen LogP contribution >= 0.6 is 0 Å². The minimum Gasteiger partial charge on any atom is -0.494 e. The number of hydrogen-bond acceptors (Lipinski definition) is 4. The average Bonchev–Trinajstić information content (AvgIpc) is 3.35. The Hall–Kier alpha value is -2.37. The molecule has 5 heteroatoms. The summed E-state index contributed by atoms with van der Waals surface area (Å²) < 4.78 is 5.93. The van der Waals surface area contributed by atoms with Crippen molar-refractivity contribution < 1.29 is 9.53 Å². The van der Waals surface area contributed by atoms with Crippen molar-refractivity contribution in [3.05, 3.63) is 65.2 Å². The molecule has 0 spiro atoms. The second-order valence-corrected chi connectivity index (χ2v) is 8.79. The monoisotopic (exact) mass is 421 g/mol. The van der Waals surface area contributed by atoms with Crippen LogP contribution in [-0.2, 0) is 6.54 Å². The van der Waals surface area contributed by atoms with Crippen LogP contribution in [0.1, 0.15) is 59.5 Å². The van der Waals surface area contributed by atoms with E-state index in [0.29, 0.717) is 19.1 Å². The quantitative estimate of drug-likeness (QED) is 0.654. The maximum Gasteiger partial charge on any atom is 0.253 e. The van der Waals surface area contributed by atoms with Gasteiger partial charge >= 0.3 is 0 Å². The Kier molecular flexibility index (Phi) is 7.60. The fourth-order valence-electron chi connectivity index (χ4n) is 4.78. The second-order valence-electron chi connectivity index (χ2n) is 8.79. The Balaban J connectivity index is 1.27. The van der Waals surface area contributed by atoms with E-state index >= 15 is 0 Å². The highest BCUT2D eigenvalue weighted by Crippen LogP contribution is 2.29. The molecule has 1 amide bonds. The van der Waals surface area contributed by atoms with Crippen LogP contribution < -0.4 is 10.5 Å². The van der Waals surface area contributed by atoms with Crippen molar-refractivity contribution in [2.45, 2.75) is 44.6 Å². The van der Waals surface area contributed by atoms with E-state index in [9.17, 15) is 4.79 Å². The molecule has 4 rings (SSSR count). The molecule has 0 aliphatic carbocycles. The van der Waals surface area contributed by atoms with E-state index in [1.165, 1.54) is 37.1 Å². The average molecular weight is 422 g/mol. The molecule has 2 aliphatic rings. The molecular formula is C26H35N3O2. The summed E-state index contributed by atoms with van der Waals surface area (Å²) in [7, 11) is 0. The minimum absolute atomic E-state index is 0.108. The lowest BCUT2D eigenvalue weighted by molar-refractivity contribution is 0.0712. The largest absolute Gasteiger partial charge is 0.494 e. The molecule has 0 atom stereocenters. The molecule has 2 aliphatic heterocycles. The van der Waals surface area contributed by atoms with E-state index in [4.69, 9.17) is 10.5 Å². The van der Waals surface area contributed by atoms with Crippen LogP contribution in [0.25, 0.3) is 0 Å². The standard InChI is InChI=1S/C26H35N3O2/c27-20-21-6-3-7-23(18-21)22-10-15-29(16-11-22)26(30)24-8-4-9-25(19-24)31-17-5-14-28-12-1-2-13-28/h3-4,6-9,18-19,22H,1-2,5,10-17,20,27H2. The Bertz CT molecular complexity index is 855. The van der Waals surface area contributed by atoms with Gasteiger partial charge in [-0.05, 0) is 80.4 Å². The number of benzene rings is 2. The van der Waals surface area contributed by atoms with Gasteiger partial charge in [-0.15, -0.1) is 0 Å². The summed E-state index contributed by atoms with van der Waals surface area (Å²) in [6.45, 7) is 6.39. The molecule has 0 saturated carbocycles. The van der Waals surface area contributed by atoms with Gasteiger partial charge in [0.05, 0.1) is 6.61 Å². The molecule has 31 heavy (non-hydrogen) atoms.